The molecule has 1 saturated carbocycles. The Bertz CT molecular complexity index is 365. The van der Waals surface area contributed by atoms with E-state index in [4.69, 9.17) is 0 Å². The molecule has 16 heavy (non-hydrogen) atoms. The smallest absolute Gasteiger partial charge is 0.132 e. The second-order valence-corrected chi connectivity index (χ2v) is 4.55. The molecule has 1 aliphatic rings. The Morgan fingerprint density at radius 3 is 2.38 bits per heavy atom. The fourth-order valence-corrected chi connectivity index (χ4v) is 2.37. The first-order chi connectivity index (χ1) is 7.79. The van der Waals surface area contributed by atoms with Gasteiger partial charge in [-0.3, -0.25) is 4.79 Å². The van der Waals surface area contributed by atoms with Gasteiger partial charge >= 0.3 is 0 Å². The molecule has 0 atom stereocenters. The van der Waals surface area contributed by atoms with E-state index >= 15 is 0 Å². The van der Waals surface area contributed by atoms with Crippen molar-refractivity contribution in [1.82, 2.24) is 0 Å². The van der Waals surface area contributed by atoms with Gasteiger partial charge in [-0.05, 0) is 36.3 Å². The zero-order chi connectivity index (χ0) is 11.4. The van der Waals surface area contributed by atoms with Gasteiger partial charge in [-0.15, -0.1) is 6.58 Å². The minimum absolute atomic E-state index is 0.430. The monoisotopic (exact) mass is 214 g/mol. The lowest BCUT2D eigenvalue weighted by molar-refractivity contribution is -0.120. The highest BCUT2D eigenvalue weighted by Gasteiger charge is 2.19. The molecule has 0 bridgehead atoms. The number of benzene rings is 1. The van der Waals surface area contributed by atoms with Crippen molar-refractivity contribution in [1.29, 1.82) is 0 Å². The number of carbonyl (C=O) groups excluding carboxylic acids is 1. The topological polar surface area (TPSA) is 17.1 Å². The molecule has 0 radical (unpaired) electrons. The van der Waals surface area contributed by atoms with Crippen molar-refractivity contribution >= 4 is 5.78 Å². The van der Waals surface area contributed by atoms with E-state index < -0.39 is 0 Å². The van der Waals surface area contributed by atoms with Crippen LogP contribution >= 0.6 is 0 Å². The second kappa shape index (κ2) is 5.11. The first-order valence-corrected chi connectivity index (χ1v) is 6.01. The first-order valence-electron chi connectivity index (χ1n) is 6.01. The molecule has 0 unspecified atom stereocenters. The normalized spacial score (nSPS) is 17.4. The standard InChI is InChI=1S/C15H18O/c1-2-3-12-4-6-13(7-5-12)14-8-10-15(16)11-9-14/h2,4-7,14H,1,3,8-11H2. The number of hydrogen-bond donors (Lipinski definition) is 0. The molecule has 2 rings (SSSR count). The summed E-state index contributed by atoms with van der Waals surface area (Å²) in [6.07, 6.45) is 6.44. The summed E-state index contributed by atoms with van der Waals surface area (Å²) in [5, 5.41) is 0. The van der Waals surface area contributed by atoms with Crippen molar-refractivity contribution in [2.75, 3.05) is 0 Å². The lowest BCUT2D eigenvalue weighted by atomic mass is 9.83. The average Bonchev–Trinajstić information content (AvgIpc) is 2.32. The van der Waals surface area contributed by atoms with Crippen LogP contribution in [0.15, 0.2) is 36.9 Å². The van der Waals surface area contributed by atoms with E-state index in [0.29, 0.717) is 11.7 Å². The average molecular weight is 214 g/mol. The summed E-state index contributed by atoms with van der Waals surface area (Å²) >= 11 is 0. The van der Waals surface area contributed by atoms with Crippen LogP contribution in [0, 0.1) is 0 Å². The number of hydrogen-bond acceptors (Lipinski definition) is 1. The highest BCUT2D eigenvalue weighted by atomic mass is 16.1. The molecule has 0 saturated heterocycles. The molecule has 1 aromatic carbocycles. The fourth-order valence-electron chi connectivity index (χ4n) is 2.37. The highest BCUT2D eigenvalue weighted by molar-refractivity contribution is 5.79. The van der Waals surface area contributed by atoms with Crippen molar-refractivity contribution < 1.29 is 4.79 Å². The predicted octanol–water partition coefficient (Wildman–Crippen LogP) is 3.64. The van der Waals surface area contributed by atoms with E-state index in [2.05, 4.69) is 30.8 Å². The molecular formula is C15H18O. The van der Waals surface area contributed by atoms with Gasteiger partial charge in [0, 0.05) is 12.8 Å². The molecule has 1 aliphatic carbocycles. The SMILES string of the molecule is C=CCc1ccc(C2CCC(=O)CC2)cc1. The van der Waals surface area contributed by atoms with E-state index in [9.17, 15) is 4.79 Å². The van der Waals surface area contributed by atoms with E-state index in [1.165, 1.54) is 11.1 Å². The van der Waals surface area contributed by atoms with Crippen molar-refractivity contribution in [2.45, 2.75) is 38.0 Å². The second-order valence-electron chi connectivity index (χ2n) is 4.55. The number of rotatable bonds is 3. The molecule has 1 aromatic rings. The lowest BCUT2D eigenvalue weighted by Crippen LogP contribution is -2.12. The Morgan fingerprint density at radius 2 is 1.81 bits per heavy atom. The maximum Gasteiger partial charge on any atom is 0.132 e. The van der Waals surface area contributed by atoms with Crippen LogP contribution in [0.2, 0.25) is 0 Å². The molecule has 0 aromatic heterocycles. The molecule has 0 amide bonds. The molecule has 0 N–H and O–H groups in total. The quantitative estimate of drug-likeness (QED) is 0.702. The molecular weight excluding hydrogens is 196 g/mol. The summed E-state index contributed by atoms with van der Waals surface area (Å²) in [7, 11) is 0. The fraction of sp³-hybridized carbons (Fsp3) is 0.400. The zero-order valence-electron chi connectivity index (χ0n) is 9.61. The van der Waals surface area contributed by atoms with Gasteiger partial charge in [0.2, 0.25) is 0 Å². The summed E-state index contributed by atoms with van der Waals surface area (Å²) < 4.78 is 0. The maximum absolute atomic E-state index is 11.2. The van der Waals surface area contributed by atoms with Crippen LogP contribution in [0.5, 0.6) is 0 Å². The van der Waals surface area contributed by atoms with Gasteiger partial charge in [0.05, 0.1) is 0 Å². The summed E-state index contributed by atoms with van der Waals surface area (Å²) in [6, 6.07) is 8.76. The third kappa shape index (κ3) is 2.60. The number of carbonyl (C=O) groups is 1. The van der Waals surface area contributed by atoms with Crippen LogP contribution in [0.3, 0.4) is 0 Å². The summed E-state index contributed by atoms with van der Waals surface area (Å²) in [4.78, 5) is 11.2. The van der Waals surface area contributed by atoms with Crippen molar-refractivity contribution in [2.24, 2.45) is 0 Å². The Labute approximate surface area is 97.2 Å². The number of allylic oxidation sites excluding steroid dienone is 1. The molecule has 0 heterocycles. The van der Waals surface area contributed by atoms with E-state index in [1.807, 2.05) is 6.08 Å². The molecule has 84 valence electrons. The number of Topliss-reactive ketones (excluding diaryl/α,β-unsaturated/α-hetero) is 1. The molecule has 1 heteroatoms. The molecule has 0 spiro atoms. The van der Waals surface area contributed by atoms with Crippen LogP contribution in [-0.4, -0.2) is 5.78 Å². The van der Waals surface area contributed by atoms with Gasteiger partial charge in [-0.25, -0.2) is 0 Å². The lowest BCUT2D eigenvalue weighted by Gasteiger charge is -2.21. The Balaban J connectivity index is 2.03. The summed E-state index contributed by atoms with van der Waals surface area (Å²) in [5.41, 5.74) is 2.70. The van der Waals surface area contributed by atoms with E-state index in [-0.39, 0.29) is 0 Å². The first kappa shape index (κ1) is 11.1. The van der Waals surface area contributed by atoms with Crippen LogP contribution in [0.4, 0.5) is 0 Å². The molecule has 1 fully saturated rings. The summed E-state index contributed by atoms with van der Waals surface area (Å²) in [6.45, 7) is 3.74. The van der Waals surface area contributed by atoms with Crippen LogP contribution < -0.4 is 0 Å². The Kier molecular flexibility index (Phi) is 3.55. The van der Waals surface area contributed by atoms with Gasteiger partial charge in [0.15, 0.2) is 0 Å². The maximum atomic E-state index is 11.2. The van der Waals surface area contributed by atoms with Gasteiger partial charge in [-0.1, -0.05) is 30.3 Å². The minimum atomic E-state index is 0.430. The highest BCUT2D eigenvalue weighted by Crippen LogP contribution is 2.31. The van der Waals surface area contributed by atoms with Crippen LogP contribution in [-0.2, 0) is 11.2 Å². The van der Waals surface area contributed by atoms with Crippen LogP contribution in [0.1, 0.15) is 42.7 Å². The van der Waals surface area contributed by atoms with Gasteiger partial charge in [0.1, 0.15) is 5.78 Å². The van der Waals surface area contributed by atoms with Crippen molar-refractivity contribution in [3.8, 4) is 0 Å². The molecule has 1 nitrogen and oxygen atoms in total. The predicted molar refractivity (Wildman–Crippen MR) is 66.6 cm³/mol. The number of ketones is 1. The van der Waals surface area contributed by atoms with E-state index in [1.54, 1.807) is 0 Å². The zero-order valence-corrected chi connectivity index (χ0v) is 9.61. The molecule has 0 aliphatic heterocycles. The largest absolute Gasteiger partial charge is 0.300 e. The van der Waals surface area contributed by atoms with Gasteiger partial charge in [0.25, 0.3) is 0 Å². The Morgan fingerprint density at radius 1 is 1.19 bits per heavy atom. The minimum Gasteiger partial charge on any atom is -0.300 e. The van der Waals surface area contributed by atoms with Crippen molar-refractivity contribution in [3.05, 3.63) is 48.0 Å². The van der Waals surface area contributed by atoms with Crippen LogP contribution in [0.25, 0.3) is 0 Å². The van der Waals surface area contributed by atoms with Gasteiger partial charge < -0.3 is 0 Å². The third-order valence-corrected chi connectivity index (χ3v) is 3.37. The van der Waals surface area contributed by atoms with E-state index in [0.717, 1.165) is 32.1 Å². The summed E-state index contributed by atoms with van der Waals surface area (Å²) in [5.74, 6) is 1.02. The Hall–Kier alpha value is -1.37. The van der Waals surface area contributed by atoms with Crippen molar-refractivity contribution in [3.63, 3.8) is 0 Å². The van der Waals surface area contributed by atoms with Gasteiger partial charge in [-0.2, -0.15) is 0 Å². The third-order valence-electron chi connectivity index (χ3n) is 3.37.